The van der Waals surface area contributed by atoms with Crippen LogP contribution in [0.25, 0.3) is 11.0 Å². The third-order valence-corrected chi connectivity index (χ3v) is 3.29. The van der Waals surface area contributed by atoms with E-state index in [4.69, 9.17) is 10.5 Å². The molecular weight excluding hydrogens is 254 g/mol. The molecule has 0 amide bonds. The van der Waals surface area contributed by atoms with E-state index in [1.165, 1.54) is 25.7 Å². The van der Waals surface area contributed by atoms with Crippen molar-refractivity contribution in [2.24, 2.45) is 7.05 Å². The molecule has 2 aromatic heterocycles. The Morgan fingerprint density at radius 2 is 2.00 bits per heavy atom. The van der Waals surface area contributed by atoms with Gasteiger partial charge in [0.15, 0.2) is 11.5 Å². The van der Waals surface area contributed by atoms with E-state index in [1.54, 1.807) is 10.9 Å². The van der Waals surface area contributed by atoms with Crippen LogP contribution in [-0.4, -0.2) is 26.4 Å². The second-order valence-corrected chi connectivity index (χ2v) is 5.00. The Morgan fingerprint density at radius 3 is 2.80 bits per heavy atom. The minimum Gasteiger partial charge on any atom is -0.383 e. The molecule has 0 bridgehead atoms. The lowest BCUT2D eigenvalue weighted by Gasteiger charge is -2.05. The van der Waals surface area contributed by atoms with Gasteiger partial charge in [-0.15, -0.1) is 0 Å². The van der Waals surface area contributed by atoms with Crippen molar-refractivity contribution in [2.75, 3.05) is 12.3 Å². The summed E-state index contributed by atoms with van der Waals surface area (Å²) in [5.74, 6) is 1.08. The molecule has 0 atom stereocenters. The highest BCUT2D eigenvalue weighted by Gasteiger charge is 2.08. The van der Waals surface area contributed by atoms with Gasteiger partial charge in [0.2, 0.25) is 0 Å². The van der Waals surface area contributed by atoms with Crippen LogP contribution in [0.2, 0.25) is 0 Å². The van der Waals surface area contributed by atoms with Gasteiger partial charge in [-0.1, -0.05) is 32.6 Å². The first-order valence-corrected chi connectivity index (χ1v) is 7.24. The summed E-state index contributed by atoms with van der Waals surface area (Å²) in [6, 6.07) is 0. The van der Waals surface area contributed by atoms with Crippen LogP contribution in [0.4, 0.5) is 5.82 Å². The summed E-state index contributed by atoms with van der Waals surface area (Å²) >= 11 is 0. The monoisotopic (exact) mass is 277 g/mol. The lowest BCUT2D eigenvalue weighted by molar-refractivity contribution is 0.111. The van der Waals surface area contributed by atoms with Crippen molar-refractivity contribution in [3.8, 4) is 0 Å². The first-order chi connectivity index (χ1) is 9.72. The number of nitrogens with two attached hydrogens (primary N) is 1. The highest BCUT2D eigenvalue weighted by molar-refractivity contribution is 5.84. The zero-order chi connectivity index (χ0) is 14.4. The van der Waals surface area contributed by atoms with E-state index in [0.29, 0.717) is 18.2 Å². The molecule has 0 aliphatic rings. The number of unbranched alkanes of at least 4 members (excludes halogenated alkanes) is 4. The van der Waals surface area contributed by atoms with Crippen LogP contribution >= 0.6 is 0 Å². The molecule has 0 radical (unpaired) electrons. The molecule has 0 saturated carbocycles. The van der Waals surface area contributed by atoms with Crippen LogP contribution in [0.5, 0.6) is 0 Å². The smallest absolute Gasteiger partial charge is 0.163 e. The van der Waals surface area contributed by atoms with Gasteiger partial charge >= 0.3 is 0 Å². The zero-order valence-corrected chi connectivity index (χ0v) is 12.3. The Morgan fingerprint density at radius 1 is 1.20 bits per heavy atom. The molecule has 2 heterocycles. The van der Waals surface area contributed by atoms with Crippen LogP contribution in [0.15, 0.2) is 6.20 Å². The molecular formula is C14H23N5O. The first kappa shape index (κ1) is 14.7. The van der Waals surface area contributed by atoms with Crippen LogP contribution in [0.1, 0.15) is 44.9 Å². The average molecular weight is 277 g/mol. The molecule has 6 nitrogen and oxygen atoms in total. The Bertz CT molecular complexity index is 552. The number of aryl methyl sites for hydroxylation is 1. The summed E-state index contributed by atoms with van der Waals surface area (Å²) in [7, 11) is 1.84. The van der Waals surface area contributed by atoms with Gasteiger partial charge in [0.25, 0.3) is 0 Å². The number of hydrogen-bond acceptors (Lipinski definition) is 5. The van der Waals surface area contributed by atoms with Gasteiger partial charge in [-0.05, 0) is 6.42 Å². The fourth-order valence-corrected chi connectivity index (χ4v) is 2.13. The molecule has 0 fully saturated rings. The minimum atomic E-state index is 0.402. The number of anilines is 1. The van der Waals surface area contributed by atoms with Crippen molar-refractivity contribution in [3.63, 3.8) is 0 Å². The molecule has 20 heavy (non-hydrogen) atoms. The normalized spacial score (nSPS) is 11.3. The predicted octanol–water partition coefficient (Wildman–Crippen LogP) is 2.43. The van der Waals surface area contributed by atoms with Gasteiger partial charge in [0.1, 0.15) is 12.4 Å². The van der Waals surface area contributed by atoms with Gasteiger partial charge in [-0.25, -0.2) is 9.97 Å². The van der Waals surface area contributed by atoms with Crippen LogP contribution < -0.4 is 5.73 Å². The summed E-state index contributed by atoms with van der Waals surface area (Å²) in [6.07, 6.45) is 7.84. The molecule has 2 aromatic rings. The van der Waals surface area contributed by atoms with Crippen molar-refractivity contribution >= 4 is 16.9 Å². The number of hydrogen-bond donors (Lipinski definition) is 1. The number of ether oxygens (including phenoxy) is 1. The zero-order valence-electron chi connectivity index (χ0n) is 12.3. The van der Waals surface area contributed by atoms with Gasteiger partial charge in [0.05, 0.1) is 11.6 Å². The van der Waals surface area contributed by atoms with Crippen LogP contribution in [0.3, 0.4) is 0 Å². The molecule has 0 spiro atoms. The van der Waals surface area contributed by atoms with E-state index >= 15 is 0 Å². The summed E-state index contributed by atoms with van der Waals surface area (Å²) in [5, 5.41) is 4.92. The maximum absolute atomic E-state index is 5.90. The summed E-state index contributed by atoms with van der Waals surface area (Å²) in [4.78, 5) is 8.68. The van der Waals surface area contributed by atoms with Crippen molar-refractivity contribution in [1.29, 1.82) is 0 Å². The summed E-state index contributed by atoms with van der Waals surface area (Å²) < 4.78 is 7.31. The largest absolute Gasteiger partial charge is 0.383 e. The summed E-state index contributed by atoms with van der Waals surface area (Å²) in [6.45, 7) is 3.36. The molecule has 6 heteroatoms. The average Bonchev–Trinajstić information content (AvgIpc) is 2.80. The number of fused-ring (bicyclic) bond motifs is 1. The second-order valence-electron chi connectivity index (χ2n) is 5.00. The molecule has 0 aromatic carbocycles. The van der Waals surface area contributed by atoms with Crippen LogP contribution in [0, 0.1) is 0 Å². The highest BCUT2D eigenvalue weighted by Crippen LogP contribution is 2.16. The van der Waals surface area contributed by atoms with Gasteiger partial charge in [-0.3, -0.25) is 4.68 Å². The number of nitrogen functional groups attached to an aromatic ring is 1. The SMILES string of the molecule is CCCCCCCOCc1nc(N)c2cnn(C)c2n1. The van der Waals surface area contributed by atoms with E-state index in [2.05, 4.69) is 22.0 Å². The van der Waals surface area contributed by atoms with Crippen LogP contribution in [-0.2, 0) is 18.4 Å². The molecule has 110 valence electrons. The Hall–Kier alpha value is -1.69. The predicted molar refractivity (Wildman–Crippen MR) is 79.1 cm³/mol. The van der Waals surface area contributed by atoms with E-state index in [0.717, 1.165) is 24.1 Å². The molecule has 2 N–H and O–H groups in total. The molecule has 0 aliphatic heterocycles. The van der Waals surface area contributed by atoms with E-state index in [1.807, 2.05) is 7.05 Å². The third-order valence-electron chi connectivity index (χ3n) is 3.29. The lowest BCUT2D eigenvalue weighted by Crippen LogP contribution is -2.05. The first-order valence-electron chi connectivity index (χ1n) is 7.24. The van der Waals surface area contributed by atoms with Crippen molar-refractivity contribution in [1.82, 2.24) is 19.7 Å². The maximum atomic E-state index is 5.90. The Labute approximate surface area is 119 Å². The standard InChI is InChI=1S/C14H23N5O/c1-3-4-5-6-7-8-20-10-12-17-13(15)11-9-16-19(2)14(11)18-12/h9H,3-8,10H2,1-2H3,(H2,15,17,18). The van der Waals surface area contributed by atoms with E-state index in [-0.39, 0.29) is 0 Å². The topological polar surface area (TPSA) is 78.9 Å². The fraction of sp³-hybridized carbons (Fsp3) is 0.643. The molecule has 0 saturated heterocycles. The highest BCUT2D eigenvalue weighted by atomic mass is 16.5. The molecule has 2 rings (SSSR count). The second kappa shape index (κ2) is 7.19. The Kier molecular flexibility index (Phi) is 5.29. The van der Waals surface area contributed by atoms with Crippen molar-refractivity contribution < 1.29 is 4.74 Å². The number of nitrogens with zero attached hydrogens (tertiary/aromatic N) is 4. The van der Waals surface area contributed by atoms with Crippen molar-refractivity contribution in [3.05, 3.63) is 12.0 Å². The number of rotatable bonds is 8. The Balaban J connectivity index is 1.83. The molecule has 0 aliphatic carbocycles. The van der Waals surface area contributed by atoms with Gasteiger partial charge in [0, 0.05) is 13.7 Å². The minimum absolute atomic E-state index is 0.402. The van der Waals surface area contributed by atoms with E-state index in [9.17, 15) is 0 Å². The lowest BCUT2D eigenvalue weighted by atomic mass is 10.2. The fourth-order valence-electron chi connectivity index (χ4n) is 2.13. The summed E-state index contributed by atoms with van der Waals surface area (Å²) in [5.41, 5.74) is 6.64. The third kappa shape index (κ3) is 3.66. The van der Waals surface area contributed by atoms with Gasteiger partial charge < -0.3 is 10.5 Å². The van der Waals surface area contributed by atoms with E-state index < -0.39 is 0 Å². The van der Waals surface area contributed by atoms with Crippen molar-refractivity contribution in [2.45, 2.75) is 45.6 Å². The quantitative estimate of drug-likeness (QED) is 0.750. The molecule has 0 unspecified atom stereocenters. The maximum Gasteiger partial charge on any atom is 0.163 e. The number of aromatic nitrogens is 4. The van der Waals surface area contributed by atoms with Gasteiger partial charge in [-0.2, -0.15) is 5.10 Å².